The molecule has 1 aliphatic carbocycles. The average Bonchev–Trinajstić information content (AvgIpc) is 3.43. The summed E-state index contributed by atoms with van der Waals surface area (Å²) in [5, 5.41) is 24.2. The first kappa shape index (κ1) is 36.2. The summed E-state index contributed by atoms with van der Waals surface area (Å²) in [4.78, 5) is 42.3. The summed E-state index contributed by atoms with van der Waals surface area (Å²) in [6.45, 7) is 10.5. The molecule has 7 rings (SSSR count). The summed E-state index contributed by atoms with van der Waals surface area (Å²) in [5.74, 6) is 0.982. The minimum atomic E-state index is -0.114. The minimum absolute atomic E-state index is 0.00310. The Hall–Kier alpha value is -5.16. The van der Waals surface area contributed by atoms with Crippen molar-refractivity contribution in [3.05, 3.63) is 89.3 Å². The lowest BCUT2D eigenvalue weighted by Crippen LogP contribution is -2.66. The van der Waals surface area contributed by atoms with Crippen molar-refractivity contribution in [1.82, 2.24) is 15.4 Å². The maximum absolute atomic E-state index is 12.7. The molecular formula is C42H50N6O5. The van der Waals surface area contributed by atoms with Crippen LogP contribution in [0.25, 0.3) is 11.1 Å². The van der Waals surface area contributed by atoms with Gasteiger partial charge in [-0.2, -0.15) is 0 Å². The molecule has 1 saturated carbocycles. The molecule has 3 aliphatic rings. The van der Waals surface area contributed by atoms with Gasteiger partial charge < -0.3 is 30.5 Å². The first-order valence-corrected chi connectivity index (χ1v) is 18.8. The number of phenolic OH excluding ortho intramolecular Hbond substituents is 1. The zero-order chi connectivity index (χ0) is 37.3. The van der Waals surface area contributed by atoms with Crippen molar-refractivity contribution in [1.29, 1.82) is 0 Å². The number of carbonyl (C=O) groups is 3. The molecule has 4 aromatic rings. The van der Waals surface area contributed by atoms with E-state index in [1.807, 2.05) is 74.2 Å². The number of para-hydroxylation sites is 1. The van der Waals surface area contributed by atoms with Crippen LogP contribution in [0, 0.1) is 19.3 Å². The second-order valence-electron chi connectivity index (χ2n) is 15.3. The molecule has 11 nitrogen and oxygen atoms in total. The summed E-state index contributed by atoms with van der Waals surface area (Å²) in [7, 11) is 0. The van der Waals surface area contributed by atoms with Crippen LogP contribution in [0.4, 0.5) is 17.1 Å². The summed E-state index contributed by atoms with van der Waals surface area (Å²) in [6, 6.07) is 21.7. The molecule has 2 atom stereocenters. The fourth-order valence-electron chi connectivity index (χ4n) is 8.71. The number of aromatic hydroxyl groups is 1. The maximum Gasteiger partial charge on any atom is 0.226 e. The molecule has 3 aromatic carbocycles. The standard InChI is InChI=1S/C42H50N6O5/c1-5-40(52)48-26(2)17-36(35-9-6-7-10-37(35)48)43-31-13-15-32(16-14-31)44-38(50)11-8-12-39(51)45-33-21-42(22-33)24-47(25-42)23-29-18-30(20-34(49)19-29)41-27(3)46-53-28(41)4/h6-7,9-10,13-16,18-20,26,33,36,43,49H,5,8,11-12,17,21-25H2,1-4H3,(H,44,50)(H,45,51)/t26-,36+/m0/s1. The number of hydrogen-bond acceptors (Lipinski definition) is 8. The van der Waals surface area contributed by atoms with Crippen molar-refractivity contribution in [2.45, 2.75) is 97.3 Å². The first-order valence-electron chi connectivity index (χ1n) is 18.8. The molecule has 4 N–H and O–H groups in total. The second-order valence-corrected chi connectivity index (χ2v) is 15.3. The Balaban J connectivity index is 0.802. The highest BCUT2D eigenvalue weighted by Crippen LogP contribution is 2.49. The van der Waals surface area contributed by atoms with Crippen molar-refractivity contribution in [2.75, 3.05) is 28.6 Å². The van der Waals surface area contributed by atoms with Crippen LogP contribution in [0.1, 0.15) is 87.4 Å². The van der Waals surface area contributed by atoms with E-state index in [1.54, 1.807) is 6.07 Å². The van der Waals surface area contributed by atoms with Gasteiger partial charge in [0, 0.05) is 73.6 Å². The molecule has 0 radical (unpaired) electrons. The number of benzene rings is 3. The Labute approximate surface area is 311 Å². The van der Waals surface area contributed by atoms with Crippen LogP contribution in [-0.2, 0) is 20.9 Å². The van der Waals surface area contributed by atoms with E-state index in [-0.39, 0.29) is 53.4 Å². The molecule has 278 valence electrons. The normalized spacial score (nSPS) is 19.2. The van der Waals surface area contributed by atoms with E-state index in [0.29, 0.717) is 24.9 Å². The van der Waals surface area contributed by atoms with E-state index in [4.69, 9.17) is 4.52 Å². The molecule has 1 saturated heterocycles. The van der Waals surface area contributed by atoms with Gasteiger partial charge in [-0.15, -0.1) is 0 Å². The molecule has 11 heteroatoms. The van der Waals surface area contributed by atoms with Gasteiger partial charge in [-0.05, 0) is 117 Å². The van der Waals surface area contributed by atoms with E-state index in [0.717, 1.165) is 84.0 Å². The molecule has 3 heterocycles. The lowest BCUT2D eigenvalue weighted by molar-refractivity contribution is -0.127. The van der Waals surface area contributed by atoms with Crippen molar-refractivity contribution in [2.24, 2.45) is 5.41 Å². The summed E-state index contributed by atoms with van der Waals surface area (Å²) in [5.41, 5.74) is 7.65. The fourth-order valence-corrected chi connectivity index (χ4v) is 8.71. The molecule has 1 spiro atoms. The Morgan fingerprint density at radius 3 is 2.40 bits per heavy atom. The SMILES string of the molecule is CCC(=O)N1c2ccccc2[C@H](Nc2ccc(NC(=O)CCCC(=O)NC3CC4(C3)CN(Cc3cc(O)cc(-c5c(C)noc5C)c3)C4)cc2)C[C@@H]1C. The number of nitrogens with zero attached hydrogens (tertiary/aromatic N) is 3. The van der Waals surface area contributed by atoms with Crippen LogP contribution in [0.5, 0.6) is 5.75 Å². The topological polar surface area (TPSA) is 140 Å². The monoisotopic (exact) mass is 718 g/mol. The Morgan fingerprint density at radius 1 is 0.962 bits per heavy atom. The van der Waals surface area contributed by atoms with Gasteiger partial charge in [0.1, 0.15) is 11.5 Å². The van der Waals surface area contributed by atoms with Gasteiger partial charge in [0.15, 0.2) is 0 Å². The van der Waals surface area contributed by atoms with Gasteiger partial charge in [0.2, 0.25) is 17.7 Å². The number of aryl methyl sites for hydroxylation is 2. The van der Waals surface area contributed by atoms with Crippen LogP contribution in [-0.4, -0.2) is 58.1 Å². The van der Waals surface area contributed by atoms with Crippen LogP contribution >= 0.6 is 0 Å². The van der Waals surface area contributed by atoms with Crippen LogP contribution in [0.3, 0.4) is 0 Å². The number of rotatable bonds is 12. The number of anilines is 3. The largest absolute Gasteiger partial charge is 0.508 e. The maximum atomic E-state index is 12.7. The molecule has 53 heavy (non-hydrogen) atoms. The third-order valence-corrected chi connectivity index (χ3v) is 11.0. The highest BCUT2D eigenvalue weighted by atomic mass is 16.5. The quantitative estimate of drug-likeness (QED) is 0.120. The predicted octanol–water partition coefficient (Wildman–Crippen LogP) is 7.24. The van der Waals surface area contributed by atoms with Gasteiger partial charge in [-0.1, -0.05) is 30.3 Å². The van der Waals surface area contributed by atoms with Gasteiger partial charge in [-0.25, -0.2) is 0 Å². The van der Waals surface area contributed by atoms with E-state index >= 15 is 0 Å². The molecule has 2 aliphatic heterocycles. The number of likely N-dealkylation sites (tertiary alicyclic amines) is 1. The predicted molar refractivity (Wildman–Crippen MR) is 206 cm³/mol. The summed E-state index contributed by atoms with van der Waals surface area (Å²) in [6.07, 6.45) is 4.27. The molecular weight excluding hydrogens is 668 g/mol. The number of carbonyl (C=O) groups excluding carboxylic acids is 3. The lowest BCUT2D eigenvalue weighted by atomic mass is 9.60. The molecule has 0 unspecified atom stereocenters. The van der Waals surface area contributed by atoms with Crippen LogP contribution in [0.2, 0.25) is 0 Å². The molecule has 2 fully saturated rings. The van der Waals surface area contributed by atoms with Crippen LogP contribution in [0.15, 0.2) is 71.3 Å². The van der Waals surface area contributed by atoms with Crippen molar-refractivity contribution in [3.8, 4) is 16.9 Å². The first-order chi connectivity index (χ1) is 25.5. The summed E-state index contributed by atoms with van der Waals surface area (Å²) >= 11 is 0. The zero-order valence-corrected chi connectivity index (χ0v) is 31.1. The Kier molecular flexibility index (Phi) is 10.3. The third-order valence-electron chi connectivity index (χ3n) is 11.0. The van der Waals surface area contributed by atoms with Gasteiger partial charge in [0.25, 0.3) is 0 Å². The van der Waals surface area contributed by atoms with Gasteiger partial charge >= 0.3 is 0 Å². The van der Waals surface area contributed by atoms with E-state index < -0.39 is 0 Å². The number of hydrogen-bond donors (Lipinski definition) is 4. The van der Waals surface area contributed by atoms with Gasteiger partial charge in [0.05, 0.1) is 11.7 Å². The van der Waals surface area contributed by atoms with Crippen molar-refractivity contribution < 1.29 is 24.0 Å². The van der Waals surface area contributed by atoms with Crippen molar-refractivity contribution >= 4 is 34.8 Å². The smallest absolute Gasteiger partial charge is 0.226 e. The number of aromatic nitrogens is 1. The average molecular weight is 719 g/mol. The Morgan fingerprint density at radius 2 is 1.68 bits per heavy atom. The highest BCUT2D eigenvalue weighted by Gasteiger charge is 2.52. The lowest BCUT2D eigenvalue weighted by Gasteiger charge is -2.59. The molecule has 0 bridgehead atoms. The van der Waals surface area contributed by atoms with E-state index in [9.17, 15) is 19.5 Å². The zero-order valence-electron chi connectivity index (χ0n) is 31.1. The fraction of sp³-hybridized carbons (Fsp3) is 0.429. The number of amides is 3. The third kappa shape index (κ3) is 7.95. The number of nitrogens with one attached hydrogen (secondary N) is 3. The van der Waals surface area contributed by atoms with Crippen LogP contribution < -0.4 is 20.9 Å². The Bertz CT molecular complexity index is 1960. The molecule has 1 aromatic heterocycles. The summed E-state index contributed by atoms with van der Waals surface area (Å²) < 4.78 is 5.32. The van der Waals surface area contributed by atoms with Gasteiger partial charge in [-0.3, -0.25) is 19.3 Å². The second kappa shape index (κ2) is 15.1. The van der Waals surface area contributed by atoms with E-state index in [1.165, 1.54) is 0 Å². The highest BCUT2D eigenvalue weighted by molar-refractivity contribution is 5.95. The van der Waals surface area contributed by atoms with E-state index in [2.05, 4.69) is 45.1 Å². The number of phenols is 1. The molecule has 3 amide bonds. The number of fused-ring (bicyclic) bond motifs is 1. The minimum Gasteiger partial charge on any atom is -0.508 e. The van der Waals surface area contributed by atoms with Crippen molar-refractivity contribution in [3.63, 3.8) is 0 Å².